The molecule has 0 aromatic heterocycles. The van der Waals surface area contributed by atoms with Crippen molar-refractivity contribution in [3.05, 3.63) is 46.9 Å². The SMILES string of the molecule is CC(C)[C@H](NC(=O)CCCCCN1C(=O)C=CC1=O)C(=O)NCC(=O)Nc1ccc(CN=O)cc1. The molecule has 0 spiro atoms. The quantitative estimate of drug-likeness (QED) is 0.207. The molecular weight excluding hydrogens is 454 g/mol. The number of nitrogens with zero attached hydrogens (tertiary/aromatic N) is 2. The summed E-state index contributed by atoms with van der Waals surface area (Å²) in [5, 5.41) is 10.7. The molecule has 1 aliphatic heterocycles. The van der Waals surface area contributed by atoms with E-state index < -0.39 is 17.9 Å². The fourth-order valence-corrected chi connectivity index (χ4v) is 3.41. The summed E-state index contributed by atoms with van der Waals surface area (Å²) in [6.07, 6.45) is 4.46. The molecule has 1 atom stereocenters. The van der Waals surface area contributed by atoms with Gasteiger partial charge in [-0.1, -0.05) is 37.6 Å². The fraction of sp³-hybridized carbons (Fsp3) is 0.458. The number of unbranched alkanes of at least 4 members (excludes halogenated alkanes) is 2. The average Bonchev–Trinajstić information content (AvgIpc) is 3.14. The Morgan fingerprint density at radius 2 is 1.60 bits per heavy atom. The third kappa shape index (κ3) is 9.11. The van der Waals surface area contributed by atoms with Crippen LogP contribution < -0.4 is 16.0 Å². The molecule has 0 unspecified atom stereocenters. The highest BCUT2D eigenvalue weighted by atomic mass is 16.3. The lowest BCUT2D eigenvalue weighted by Crippen LogP contribution is -2.51. The van der Waals surface area contributed by atoms with E-state index in [1.807, 2.05) is 0 Å². The summed E-state index contributed by atoms with van der Waals surface area (Å²) in [5.41, 5.74) is 1.23. The lowest BCUT2D eigenvalue weighted by molar-refractivity contribution is -0.137. The summed E-state index contributed by atoms with van der Waals surface area (Å²) >= 11 is 0. The van der Waals surface area contributed by atoms with Gasteiger partial charge < -0.3 is 16.0 Å². The van der Waals surface area contributed by atoms with Crippen LogP contribution >= 0.6 is 0 Å². The Morgan fingerprint density at radius 3 is 2.20 bits per heavy atom. The van der Waals surface area contributed by atoms with Crippen LogP contribution in [0.1, 0.15) is 45.1 Å². The van der Waals surface area contributed by atoms with Gasteiger partial charge in [0.05, 0.1) is 6.54 Å². The van der Waals surface area contributed by atoms with Crippen LogP contribution in [-0.4, -0.2) is 53.6 Å². The summed E-state index contributed by atoms with van der Waals surface area (Å²) in [6.45, 7) is 3.67. The Morgan fingerprint density at radius 1 is 0.943 bits per heavy atom. The minimum absolute atomic E-state index is 0.0466. The zero-order valence-electron chi connectivity index (χ0n) is 19.9. The molecule has 1 aromatic carbocycles. The van der Waals surface area contributed by atoms with Crippen molar-refractivity contribution < 1.29 is 24.0 Å². The van der Waals surface area contributed by atoms with Gasteiger partial charge in [-0.05, 0) is 36.5 Å². The van der Waals surface area contributed by atoms with E-state index >= 15 is 0 Å². The van der Waals surface area contributed by atoms with Crippen LogP contribution in [0.5, 0.6) is 0 Å². The maximum Gasteiger partial charge on any atom is 0.253 e. The van der Waals surface area contributed by atoms with E-state index in [2.05, 4.69) is 21.1 Å². The van der Waals surface area contributed by atoms with Crippen LogP contribution in [-0.2, 0) is 30.5 Å². The molecule has 5 amide bonds. The third-order valence-electron chi connectivity index (χ3n) is 5.36. The van der Waals surface area contributed by atoms with E-state index in [1.54, 1.807) is 38.1 Å². The van der Waals surface area contributed by atoms with Gasteiger partial charge in [0.25, 0.3) is 11.8 Å². The molecule has 0 aliphatic carbocycles. The van der Waals surface area contributed by atoms with Gasteiger partial charge in [-0.2, -0.15) is 4.91 Å². The molecule has 35 heavy (non-hydrogen) atoms. The molecule has 2 rings (SSSR count). The van der Waals surface area contributed by atoms with Gasteiger partial charge in [-0.15, -0.1) is 0 Å². The first-order chi connectivity index (χ1) is 16.7. The summed E-state index contributed by atoms with van der Waals surface area (Å²) in [6, 6.07) is 5.81. The fourth-order valence-electron chi connectivity index (χ4n) is 3.41. The Kier molecular flexibility index (Phi) is 10.7. The number of nitroso groups, excluding NO2 is 1. The van der Waals surface area contributed by atoms with Crippen molar-refractivity contribution in [3.63, 3.8) is 0 Å². The second-order valence-electron chi connectivity index (χ2n) is 8.51. The van der Waals surface area contributed by atoms with Gasteiger partial charge in [0.1, 0.15) is 12.6 Å². The first kappa shape index (κ1) is 27.4. The highest BCUT2D eigenvalue weighted by molar-refractivity contribution is 6.12. The molecule has 0 saturated carbocycles. The lowest BCUT2D eigenvalue weighted by atomic mass is 10.0. The number of nitrogens with one attached hydrogen (secondary N) is 3. The molecule has 0 fully saturated rings. The second kappa shape index (κ2) is 13.7. The van der Waals surface area contributed by atoms with E-state index in [-0.39, 0.29) is 43.1 Å². The maximum atomic E-state index is 12.6. The van der Waals surface area contributed by atoms with Crippen LogP contribution in [0.15, 0.2) is 41.6 Å². The van der Waals surface area contributed by atoms with E-state index in [1.165, 1.54) is 12.2 Å². The highest BCUT2D eigenvalue weighted by Gasteiger charge is 2.25. The van der Waals surface area contributed by atoms with Crippen molar-refractivity contribution in [1.82, 2.24) is 15.5 Å². The van der Waals surface area contributed by atoms with E-state index in [0.717, 1.165) is 10.5 Å². The van der Waals surface area contributed by atoms with E-state index in [9.17, 15) is 28.9 Å². The number of anilines is 1. The van der Waals surface area contributed by atoms with Crippen molar-refractivity contribution in [2.75, 3.05) is 18.4 Å². The van der Waals surface area contributed by atoms with E-state index in [0.29, 0.717) is 31.5 Å². The Balaban J connectivity index is 1.69. The molecule has 1 aliphatic rings. The van der Waals surface area contributed by atoms with Crippen molar-refractivity contribution >= 4 is 35.2 Å². The molecule has 11 nitrogen and oxygen atoms in total. The summed E-state index contributed by atoms with van der Waals surface area (Å²) in [4.78, 5) is 71.5. The number of imide groups is 1. The molecule has 188 valence electrons. The predicted octanol–water partition coefficient (Wildman–Crippen LogP) is 1.63. The molecule has 0 radical (unpaired) electrons. The smallest absolute Gasteiger partial charge is 0.253 e. The number of hydrogen-bond acceptors (Lipinski definition) is 7. The number of rotatable bonds is 14. The molecule has 1 heterocycles. The first-order valence-corrected chi connectivity index (χ1v) is 11.5. The number of amides is 5. The van der Waals surface area contributed by atoms with Crippen molar-refractivity contribution in [3.8, 4) is 0 Å². The van der Waals surface area contributed by atoms with Crippen molar-refractivity contribution in [2.45, 2.75) is 52.1 Å². The van der Waals surface area contributed by atoms with Crippen LogP contribution in [0.4, 0.5) is 5.69 Å². The minimum atomic E-state index is -0.795. The van der Waals surface area contributed by atoms with Gasteiger partial charge in [0.2, 0.25) is 17.7 Å². The Labute approximate surface area is 203 Å². The summed E-state index contributed by atoms with van der Waals surface area (Å²) in [7, 11) is 0. The molecular formula is C24H31N5O6. The second-order valence-corrected chi connectivity index (χ2v) is 8.51. The van der Waals surface area contributed by atoms with Crippen LogP contribution in [0.25, 0.3) is 0 Å². The lowest BCUT2D eigenvalue weighted by Gasteiger charge is -2.21. The highest BCUT2D eigenvalue weighted by Crippen LogP contribution is 2.11. The molecule has 1 aromatic rings. The van der Waals surface area contributed by atoms with Gasteiger partial charge >= 0.3 is 0 Å². The van der Waals surface area contributed by atoms with Gasteiger partial charge in [-0.3, -0.25) is 28.9 Å². The van der Waals surface area contributed by atoms with E-state index in [4.69, 9.17) is 0 Å². The van der Waals surface area contributed by atoms with Crippen molar-refractivity contribution in [1.29, 1.82) is 0 Å². The largest absolute Gasteiger partial charge is 0.345 e. The monoisotopic (exact) mass is 485 g/mol. The predicted molar refractivity (Wildman–Crippen MR) is 129 cm³/mol. The van der Waals surface area contributed by atoms with Gasteiger partial charge in [0.15, 0.2) is 0 Å². The van der Waals surface area contributed by atoms with Gasteiger partial charge in [0, 0.05) is 30.8 Å². The first-order valence-electron chi connectivity index (χ1n) is 11.5. The van der Waals surface area contributed by atoms with Crippen LogP contribution in [0.3, 0.4) is 0 Å². The number of carbonyl (C=O) groups excluding carboxylic acids is 5. The normalized spacial score (nSPS) is 13.6. The Hall–Kier alpha value is -3.89. The standard InChI is InChI=1S/C24H31N5O6/c1-16(2)23(28-19(30)6-4-3-5-13-29-21(32)11-12-22(29)33)24(34)25-15-20(31)27-18-9-7-17(8-10-18)14-26-35/h7-12,16,23H,3-6,13-15H2,1-2H3,(H,25,34)(H,27,31)(H,28,30)/t23-/m0/s1. The number of hydrogen-bond donors (Lipinski definition) is 3. The molecule has 0 saturated heterocycles. The van der Waals surface area contributed by atoms with Crippen LogP contribution in [0, 0.1) is 10.8 Å². The number of carbonyl (C=O) groups is 5. The number of benzene rings is 1. The van der Waals surface area contributed by atoms with Crippen molar-refractivity contribution in [2.24, 2.45) is 11.1 Å². The maximum absolute atomic E-state index is 12.6. The van der Waals surface area contributed by atoms with Crippen LogP contribution in [0.2, 0.25) is 0 Å². The molecule has 3 N–H and O–H groups in total. The molecule has 0 bridgehead atoms. The summed E-state index contributed by atoms with van der Waals surface area (Å²) < 4.78 is 0. The zero-order chi connectivity index (χ0) is 25.8. The topological polar surface area (TPSA) is 154 Å². The summed E-state index contributed by atoms with van der Waals surface area (Å²) in [5.74, 6) is -2.02. The third-order valence-corrected chi connectivity index (χ3v) is 5.36. The Bertz CT molecular complexity index is 955. The minimum Gasteiger partial charge on any atom is -0.345 e. The van der Waals surface area contributed by atoms with Gasteiger partial charge in [-0.25, -0.2) is 0 Å². The average molecular weight is 486 g/mol. The zero-order valence-corrected chi connectivity index (χ0v) is 19.9. The molecule has 11 heteroatoms.